The Balaban J connectivity index is 1.82. The average molecular weight is 233 g/mol. The van der Waals surface area contributed by atoms with E-state index in [1.165, 1.54) is 31.5 Å². The van der Waals surface area contributed by atoms with Gasteiger partial charge in [0, 0.05) is 13.1 Å². The lowest BCUT2D eigenvalue weighted by Gasteiger charge is -2.14. The van der Waals surface area contributed by atoms with Gasteiger partial charge in [0.1, 0.15) is 0 Å². The second kappa shape index (κ2) is 5.41. The van der Waals surface area contributed by atoms with Crippen molar-refractivity contribution in [2.45, 2.75) is 19.8 Å². The molecule has 1 atom stereocenters. The molecule has 1 saturated heterocycles. The van der Waals surface area contributed by atoms with Crippen LogP contribution in [0.1, 0.15) is 18.4 Å². The first-order valence-corrected chi connectivity index (χ1v) is 6.44. The molecule has 0 saturated carbocycles. The van der Waals surface area contributed by atoms with Gasteiger partial charge >= 0.3 is 0 Å². The van der Waals surface area contributed by atoms with Gasteiger partial charge in [0.15, 0.2) is 0 Å². The summed E-state index contributed by atoms with van der Waals surface area (Å²) in [7, 11) is 2.20. The molecule has 1 aliphatic heterocycles. The minimum absolute atomic E-state index is 0.845. The Labute approximate surface area is 104 Å². The summed E-state index contributed by atoms with van der Waals surface area (Å²) in [6.45, 7) is 5.61. The van der Waals surface area contributed by atoms with Crippen molar-refractivity contribution >= 4 is 11.4 Å². The van der Waals surface area contributed by atoms with Gasteiger partial charge in [-0.3, -0.25) is 0 Å². The van der Waals surface area contributed by atoms with Crippen molar-refractivity contribution in [3.05, 3.63) is 23.8 Å². The molecule has 3 nitrogen and oxygen atoms in total. The van der Waals surface area contributed by atoms with Crippen LogP contribution in [0.5, 0.6) is 0 Å². The van der Waals surface area contributed by atoms with E-state index < -0.39 is 0 Å². The minimum atomic E-state index is 0.845. The standard InChI is InChI=1S/C14H23N3/c1-11-4-3-5-13(15)14(11)16-8-6-12-7-9-17(2)10-12/h3-5,12,16H,6-10,15H2,1-2H3. The van der Waals surface area contributed by atoms with Gasteiger partial charge < -0.3 is 16.0 Å². The summed E-state index contributed by atoms with van der Waals surface area (Å²) in [5, 5.41) is 3.48. The molecule has 94 valence electrons. The van der Waals surface area contributed by atoms with E-state index in [2.05, 4.69) is 30.3 Å². The molecule has 2 rings (SSSR count). The molecule has 0 aliphatic carbocycles. The van der Waals surface area contributed by atoms with Gasteiger partial charge in [-0.2, -0.15) is 0 Å². The summed E-state index contributed by atoms with van der Waals surface area (Å²) in [6.07, 6.45) is 2.57. The molecule has 0 spiro atoms. The van der Waals surface area contributed by atoms with Crippen molar-refractivity contribution in [3.8, 4) is 0 Å². The van der Waals surface area contributed by atoms with Crippen LogP contribution in [0.2, 0.25) is 0 Å². The van der Waals surface area contributed by atoms with Gasteiger partial charge in [-0.1, -0.05) is 12.1 Å². The fraction of sp³-hybridized carbons (Fsp3) is 0.571. The molecular formula is C14H23N3. The summed E-state index contributed by atoms with van der Waals surface area (Å²) in [6, 6.07) is 6.06. The Morgan fingerprint density at radius 2 is 2.29 bits per heavy atom. The monoisotopic (exact) mass is 233 g/mol. The topological polar surface area (TPSA) is 41.3 Å². The zero-order valence-corrected chi connectivity index (χ0v) is 10.9. The Bertz CT molecular complexity index is 355. The Morgan fingerprint density at radius 3 is 2.94 bits per heavy atom. The van der Waals surface area contributed by atoms with Gasteiger partial charge in [0.2, 0.25) is 0 Å². The number of nitrogens with one attached hydrogen (secondary N) is 1. The van der Waals surface area contributed by atoms with Crippen LogP contribution in [0.3, 0.4) is 0 Å². The molecule has 3 heteroatoms. The summed E-state index contributed by atoms with van der Waals surface area (Å²) >= 11 is 0. The van der Waals surface area contributed by atoms with E-state index in [1.807, 2.05) is 12.1 Å². The SMILES string of the molecule is Cc1cccc(N)c1NCCC1CCN(C)C1. The number of anilines is 2. The number of hydrogen-bond donors (Lipinski definition) is 2. The smallest absolute Gasteiger partial charge is 0.0603 e. The first kappa shape index (κ1) is 12.2. The molecule has 0 radical (unpaired) electrons. The highest BCUT2D eigenvalue weighted by Crippen LogP contribution is 2.23. The van der Waals surface area contributed by atoms with Crippen LogP contribution < -0.4 is 11.1 Å². The van der Waals surface area contributed by atoms with Crippen LogP contribution in [0, 0.1) is 12.8 Å². The zero-order chi connectivity index (χ0) is 12.3. The molecule has 1 heterocycles. The number of nitrogens with zero attached hydrogens (tertiary/aromatic N) is 1. The van der Waals surface area contributed by atoms with Crippen molar-refractivity contribution < 1.29 is 0 Å². The van der Waals surface area contributed by atoms with Crippen LogP contribution in [-0.4, -0.2) is 31.6 Å². The Morgan fingerprint density at radius 1 is 1.47 bits per heavy atom. The van der Waals surface area contributed by atoms with E-state index >= 15 is 0 Å². The molecule has 1 fully saturated rings. The molecular weight excluding hydrogens is 210 g/mol. The summed E-state index contributed by atoms with van der Waals surface area (Å²) < 4.78 is 0. The molecule has 1 aromatic rings. The van der Waals surface area contributed by atoms with E-state index in [0.717, 1.165) is 23.8 Å². The van der Waals surface area contributed by atoms with Crippen molar-refractivity contribution in [2.75, 3.05) is 37.7 Å². The molecule has 1 aliphatic rings. The average Bonchev–Trinajstić information content (AvgIpc) is 2.69. The lowest BCUT2D eigenvalue weighted by Crippen LogP contribution is -2.16. The van der Waals surface area contributed by atoms with E-state index in [1.54, 1.807) is 0 Å². The number of likely N-dealkylation sites (tertiary alicyclic amines) is 1. The van der Waals surface area contributed by atoms with Crippen LogP contribution >= 0.6 is 0 Å². The second-order valence-corrected chi connectivity index (χ2v) is 5.17. The maximum absolute atomic E-state index is 5.97. The van der Waals surface area contributed by atoms with Crippen molar-refractivity contribution in [3.63, 3.8) is 0 Å². The zero-order valence-electron chi connectivity index (χ0n) is 10.9. The molecule has 0 aromatic heterocycles. The van der Waals surface area contributed by atoms with E-state index in [0.29, 0.717) is 0 Å². The fourth-order valence-electron chi connectivity index (χ4n) is 2.60. The third-order valence-corrected chi connectivity index (χ3v) is 3.65. The maximum Gasteiger partial charge on any atom is 0.0603 e. The highest BCUT2D eigenvalue weighted by molar-refractivity contribution is 5.69. The van der Waals surface area contributed by atoms with Crippen LogP contribution in [0.4, 0.5) is 11.4 Å². The van der Waals surface area contributed by atoms with Crippen LogP contribution in [0.15, 0.2) is 18.2 Å². The van der Waals surface area contributed by atoms with Gasteiger partial charge in [0.05, 0.1) is 11.4 Å². The van der Waals surface area contributed by atoms with Gasteiger partial charge in [-0.25, -0.2) is 0 Å². The molecule has 17 heavy (non-hydrogen) atoms. The van der Waals surface area contributed by atoms with Crippen molar-refractivity contribution in [1.29, 1.82) is 0 Å². The third kappa shape index (κ3) is 3.13. The second-order valence-electron chi connectivity index (χ2n) is 5.17. The normalized spacial score (nSPS) is 20.7. The largest absolute Gasteiger partial charge is 0.397 e. The summed E-state index contributed by atoms with van der Waals surface area (Å²) in [5.41, 5.74) is 9.16. The van der Waals surface area contributed by atoms with E-state index in [-0.39, 0.29) is 0 Å². The number of rotatable bonds is 4. The number of nitrogens with two attached hydrogens (primary N) is 1. The number of hydrogen-bond acceptors (Lipinski definition) is 3. The molecule has 1 unspecified atom stereocenters. The number of para-hydroxylation sites is 1. The van der Waals surface area contributed by atoms with Crippen molar-refractivity contribution in [2.24, 2.45) is 5.92 Å². The lowest BCUT2D eigenvalue weighted by atomic mass is 10.0. The quantitative estimate of drug-likeness (QED) is 0.784. The highest BCUT2D eigenvalue weighted by atomic mass is 15.1. The molecule has 0 bridgehead atoms. The minimum Gasteiger partial charge on any atom is -0.397 e. The predicted molar refractivity (Wildman–Crippen MR) is 74.3 cm³/mol. The van der Waals surface area contributed by atoms with Gasteiger partial charge in [-0.15, -0.1) is 0 Å². The first-order chi connectivity index (χ1) is 8.16. The van der Waals surface area contributed by atoms with E-state index in [4.69, 9.17) is 5.73 Å². The van der Waals surface area contributed by atoms with E-state index in [9.17, 15) is 0 Å². The summed E-state index contributed by atoms with van der Waals surface area (Å²) in [5.74, 6) is 0.845. The fourth-order valence-corrected chi connectivity index (χ4v) is 2.60. The maximum atomic E-state index is 5.97. The van der Waals surface area contributed by atoms with Crippen molar-refractivity contribution in [1.82, 2.24) is 4.90 Å². The number of nitrogen functional groups attached to an aromatic ring is 1. The predicted octanol–water partition coefficient (Wildman–Crippen LogP) is 2.33. The van der Waals surface area contributed by atoms with Gasteiger partial charge in [0.25, 0.3) is 0 Å². The lowest BCUT2D eigenvalue weighted by molar-refractivity contribution is 0.390. The highest BCUT2D eigenvalue weighted by Gasteiger charge is 2.18. The number of aryl methyl sites for hydroxylation is 1. The third-order valence-electron chi connectivity index (χ3n) is 3.65. The Hall–Kier alpha value is -1.22. The molecule has 0 amide bonds. The number of benzene rings is 1. The van der Waals surface area contributed by atoms with Crippen LogP contribution in [0.25, 0.3) is 0 Å². The van der Waals surface area contributed by atoms with Crippen LogP contribution in [-0.2, 0) is 0 Å². The molecule has 3 N–H and O–H groups in total. The van der Waals surface area contributed by atoms with Gasteiger partial charge in [-0.05, 0) is 50.9 Å². The molecule has 1 aromatic carbocycles. The summed E-state index contributed by atoms with van der Waals surface area (Å²) in [4.78, 5) is 2.41. The Kier molecular flexibility index (Phi) is 3.89. The first-order valence-electron chi connectivity index (χ1n) is 6.44.